The Hall–Kier alpha value is -2.01. The van der Waals surface area contributed by atoms with Gasteiger partial charge in [-0.2, -0.15) is 5.26 Å². The predicted molar refractivity (Wildman–Crippen MR) is 106 cm³/mol. The van der Waals surface area contributed by atoms with Crippen LogP contribution in [0.25, 0.3) is 0 Å². The first kappa shape index (κ1) is 19.7. The molecular formula is C19H21ClN4O2S. The van der Waals surface area contributed by atoms with E-state index in [0.717, 1.165) is 42.5 Å². The van der Waals surface area contributed by atoms with Crippen LogP contribution in [-0.4, -0.2) is 33.9 Å². The molecule has 142 valence electrons. The summed E-state index contributed by atoms with van der Waals surface area (Å²) in [6, 6.07) is 6.83. The molecule has 2 aromatic rings. The summed E-state index contributed by atoms with van der Waals surface area (Å²) in [5, 5.41) is 12.9. The molecule has 1 saturated heterocycles. The third kappa shape index (κ3) is 4.83. The van der Waals surface area contributed by atoms with Gasteiger partial charge in [0.2, 0.25) is 5.91 Å². The minimum absolute atomic E-state index is 0.150. The SMILES string of the molecule is Cc1nc(SCC(=O)Nc2ccc(C#N)c(Cl)c2)n(CC2CCCO2)c1C. The van der Waals surface area contributed by atoms with Crippen molar-refractivity contribution in [2.45, 2.75) is 44.5 Å². The smallest absolute Gasteiger partial charge is 0.234 e. The third-order valence-electron chi connectivity index (χ3n) is 4.54. The van der Waals surface area contributed by atoms with Crippen LogP contribution >= 0.6 is 23.4 Å². The van der Waals surface area contributed by atoms with E-state index in [4.69, 9.17) is 21.6 Å². The molecule has 0 bridgehead atoms. The van der Waals surface area contributed by atoms with E-state index in [1.54, 1.807) is 18.2 Å². The second-order valence-corrected chi connectivity index (χ2v) is 7.80. The van der Waals surface area contributed by atoms with Gasteiger partial charge >= 0.3 is 0 Å². The molecule has 0 spiro atoms. The van der Waals surface area contributed by atoms with Crippen LogP contribution in [0.1, 0.15) is 29.8 Å². The van der Waals surface area contributed by atoms with Gasteiger partial charge in [-0.1, -0.05) is 23.4 Å². The van der Waals surface area contributed by atoms with Crippen molar-refractivity contribution >= 4 is 35.0 Å². The van der Waals surface area contributed by atoms with Crippen LogP contribution < -0.4 is 5.32 Å². The Bertz CT molecular complexity index is 885. The molecule has 1 atom stereocenters. The van der Waals surface area contributed by atoms with Crippen LogP contribution in [0.2, 0.25) is 5.02 Å². The maximum atomic E-state index is 12.3. The number of amides is 1. The van der Waals surface area contributed by atoms with Crippen molar-refractivity contribution in [3.05, 3.63) is 40.2 Å². The van der Waals surface area contributed by atoms with Crippen molar-refractivity contribution < 1.29 is 9.53 Å². The number of thioether (sulfide) groups is 1. The van der Waals surface area contributed by atoms with E-state index in [9.17, 15) is 4.79 Å². The van der Waals surface area contributed by atoms with Gasteiger partial charge in [0.1, 0.15) is 6.07 Å². The summed E-state index contributed by atoms with van der Waals surface area (Å²) in [4.78, 5) is 16.9. The largest absolute Gasteiger partial charge is 0.376 e. The van der Waals surface area contributed by atoms with Crippen molar-refractivity contribution in [2.75, 3.05) is 17.7 Å². The van der Waals surface area contributed by atoms with Crippen molar-refractivity contribution in [1.29, 1.82) is 5.26 Å². The Balaban J connectivity index is 1.62. The van der Waals surface area contributed by atoms with Crippen LogP contribution in [0.4, 0.5) is 5.69 Å². The van der Waals surface area contributed by atoms with E-state index in [0.29, 0.717) is 16.3 Å². The number of aromatic nitrogens is 2. The van der Waals surface area contributed by atoms with Crippen molar-refractivity contribution in [3.63, 3.8) is 0 Å². The molecule has 1 aliphatic heterocycles. The molecule has 27 heavy (non-hydrogen) atoms. The van der Waals surface area contributed by atoms with Crippen LogP contribution in [0, 0.1) is 25.2 Å². The number of benzene rings is 1. The molecule has 1 aromatic heterocycles. The van der Waals surface area contributed by atoms with Crippen molar-refractivity contribution in [2.24, 2.45) is 0 Å². The van der Waals surface area contributed by atoms with Gasteiger partial charge in [0, 0.05) is 18.0 Å². The summed E-state index contributed by atoms with van der Waals surface area (Å²) in [5.41, 5.74) is 3.02. The zero-order valence-corrected chi connectivity index (χ0v) is 16.9. The maximum absolute atomic E-state index is 12.3. The summed E-state index contributed by atoms with van der Waals surface area (Å²) in [6.07, 6.45) is 2.36. The Kier molecular flexibility index (Phi) is 6.42. The van der Waals surface area contributed by atoms with E-state index in [1.165, 1.54) is 11.8 Å². The van der Waals surface area contributed by atoms with Gasteiger partial charge in [-0.3, -0.25) is 4.79 Å². The summed E-state index contributed by atoms with van der Waals surface area (Å²) in [6.45, 7) is 5.60. The van der Waals surface area contributed by atoms with Gasteiger partial charge in [-0.15, -0.1) is 0 Å². The van der Waals surface area contributed by atoms with Crippen LogP contribution in [0.15, 0.2) is 23.4 Å². The number of carbonyl (C=O) groups excluding carboxylic acids is 1. The highest BCUT2D eigenvalue weighted by molar-refractivity contribution is 7.99. The van der Waals surface area contributed by atoms with E-state index in [-0.39, 0.29) is 17.8 Å². The second kappa shape index (κ2) is 8.79. The Labute approximate surface area is 167 Å². The molecule has 1 aromatic carbocycles. The zero-order chi connectivity index (χ0) is 19.4. The molecule has 8 heteroatoms. The molecule has 2 heterocycles. The number of imidazole rings is 1. The number of anilines is 1. The number of hydrogen-bond acceptors (Lipinski definition) is 5. The van der Waals surface area contributed by atoms with E-state index >= 15 is 0 Å². The first-order valence-electron chi connectivity index (χ1n) is 8.75. The van der Waals surface area contributed by atoms with Gasteiger partial charge in [0.05, 0.1) is 34.7 Å². The van der Waals surface area contributed by atoms with Crippen LogP contribution in [-0.2, 0) is 16.1 Å². The predicted octanol–water partition coefficient (Wildman–Crippen LogP) is 3.93. The summed E-state index contributed by atoms with van der Waals surface area (Å²) in [7, 11) is 0. The standard InChI is InChI=1S/C19H21ClN4O2S/c1-12-13(2)24(10-16-4-3-7-26-16)19(22-12)27-11-18(25)23-15-6-5-14(9-21)17(20)8-15/h5-6,8,16H,3-4,7,10-11H2,1-2H3,(H,23,25). The number of hydrogen-bond donors (Lipinski definition) is 1. The molecule has 1 unspecified atom stereocenters. The molecular weight excluding hydrogens is 384 g/mol. The van der Waals surface area contributed by atoms with E-state index in [1.807, 2.05) is 19.9 Å². The normalized spacial score (nSPS) is 16.3. The summed E-state index contributed by atoms with van der Waals surface area (Å²) >= 11 is 7.41. The maximum Gasteiger partial charge on any atom is 0.234 e. The van der Waals surface area contributed by atoms with Gasteiger partial charge in [0.25, 0.3) is 0 Å². The van der Waals surface area contributed by atoms with Crippen molar-refractivity contribution in [1.82, 2.24) is 9.55 Å². The lowest BCUT2D eigenvalue weighted by Crippen LogP contribution is -2.18. The number of aryl methyl sites for hydroxylation is 1. The van der Waals surface area contributed by atoms with Crippen LogP contribution in [0.5, 0.6) is 0 Å². The number of carbonyl (C=O) groups is 1. The highest BCUT2D eigenvalue weighted by Crippen LogP contribution is 2.25. The van der Waals surface area contributed by atoms with Gasteiger partial charge in [-0.05, 0) is 44.9 Å². The fourth-order valence-corrected chi connectivity index (χ4v) is 4.08. The summed E-state index contributed by atoms with van der Waals surface area (Å²) in [5.74, 6) is 0.0849. The molecule has 1 aliphatic rings. The highest BCUT2D eigenvalue weighted by atomic mass is 35.5. The lowest BCUT2D eigenvalue weighted by Gasteiger charge is -2.14. The zero-order valence-electron chi connectivity index (χ0n) is 15.3. The second-order valence-electron chi connectivity index (χ2n) is 6.45. The highest BCUT2D eigenvalue weighted by Gasteiger charge is 2.20. The van der Waals surface area contributed by atoms with Crippen molar-refractivity contribution in [3.8, 4) is 6.07 Å². The first-order valence-corrected chi connectivity index (χ1v) is 10.1. The molecule has 1 fully saturated rings. The number of nitriles is 1. The average Bonchev–Trinajstić information content (AvgIpc) is 3.24. The monoisotopic (exact) mass is 404 g/mol. The number of rotatable bonds is 6. The first-order chi connectivity index (χ1) is 13.0. The van der Waals surface area contributed by atoms with E-state index in [2.05, 4.69) is 14.9 Å². The average molecular weight is 405 g/mol. The number of ether oxygens (including phenoxy) is 1. The molecule has 0 aliphatic carbocycles. The molecule has 0 saturated carbocycles. The Morgan fingerprint density at radius 2 is 2.33 bits per heavy atom. The lowest BCUT2D eigenvalue weighted by molar-refractivity contribution is -0.113. The minimum atomic E-state index is -0.150. The topological polar surface area (TPSA) is 79.9 Å². The number of halogens is 1. The molecule has 3 rings (SSSR count). The third-order valence-corrected chi connectivity index (χ3v) is 5.83. The molecule has 6 nitrogen and oxygen atoms in total. The molecule has 1 amide bonds. The number of nitrogens with one attached hydrogen (secondary N) is 1. The summed E-state index contributed by atoms with van der Waals surface area (Å²) < 4.78 is 7.88. The Morgan fingerprint density at radius 3 is 3.00 bits per heavy atom. The van der Waals surface area contributed by atoms with E-state index < -0.39 is 0 Å². The van der Waals surface area contributed by atoms with Gasteiger partial charge in [-0.25, -0.2) is 4.98 Å². The lowest BCUT2D eigenvalue weighted by atomic mass is 10.2. The van der Waals surface area contributed by atoms with Crippen LogP contribution in [0.3, 0.4) is 0 Å². The van der Waals surface area contributed by atoms with Gasteiger partial charge in [0.15, 0.2) is 5.16 Å². The number of nitrogens with zero attached hydrogens (tertiary/aromatic N) is 3. The van der Waals surface area contributed by atoms with Gasteiger partial charge < -0.3 is 14.6 Å². The fourth-order valence-electron chi connectivity index (χ4n) is 2.95. The minimum Gasteiger partial charge on any atom is -0.376 e. The quantitative estimate of drug-likeness (QED) is 0.737. The Morgan fingerprint density at radius 1 is 1.52 bits per heavy atom. The molecule has 0 radical (unpaired) electrons. The fraction of sp³-hybridized carbons (Fsp3) is 0.421. The molecule has 1 N–H and O–H groups in total.